The van der Waals surface area contributed by atoms with E-state index in [0.29, 0.717) is 0 Å². The van der Waals surface area contributed by atoms with Gasteiger partial charge in [0.1, 0.15) is 0 Å². The van der Waals surface area contributed by atoms with Gasteiger partial charge in [0.25, 0.3) is 0 Å². The van der Waals surface area contributed by atoms with Gasteiger partial charge in [-0.15, -0.1) is 0 Å². The Morgan fingerprint density at radius 1 is 1.29 bits per heavy atom. The minimum Gasteiger partial charge on any atom is -0.392 e. The Bertz CT molecular complexity index is 130. The molecule has 0 aromatic heterocycles. The number of ether oxygens (including phenoxy) is 1. The van der Waals surface area contributed by atoms with Crippen LogP contribution < -0.4 is 0 Å². The largest absolute Gasteiger partial charge is 0.392 e. The Labute approximate surface area is 88.1 Å². The van der Waals surface area contributed by atoms with Gasteiger partial charge in [-0.2, -0.15) is 0 Å². The molecule has 0 radical (unpaired) electrons. The summed E-state index contributed by atoms with van der Waals surface area (Å²) in [6.45, 7) is 11.6. The first-order valence-electron chi connectivity index (χ1n) is 5.67. The molecule has 0 amide bonds. The minimum atomic E-state index is -0.225. The van der Waals surface area contributed by atoms with Crippen molar-refractivity contribution in [2.75, 3.05) is 26.3 Å². The molecule has 0 fully saturated rings. The highest BCUT2D eigenvalue weighted by Crippen LogP contribution is 2.06. The lowest BCUT2D eigenvalue weighted by molar-refractivity contribution is 0.0372. The third-order valence-corrected chi connectivity index (χ3v) is 2.68. The van der Waals surface area contributed by atoms with E-state index in [-0.39, 0.29) is 12.1 Å². The molecule has 0 aliphatic heterocycles. The van der Waals surface area contributed by atoms with E-state index in [1.165, 1.54) is 0 Å². The molecule has 2 atom stereocenters. The zero-order valence-electron chi connectivity index (χ0n) is 9.99. The van der Waals surface area contributed by atoms with E-state index in [4.69, 9.17) is 4.74 Å². The molecule has 0 aromatic rings. The predicted octanol–water partition coefficient (Wildman–Crippen LogP) is 1.50. The number of nitrogens with zero attached hydrogens (tertiary/aromatic N) is 1. The Morgan fingerprint density at radius 3 is 2.36 bits per heavy atom. The summed E-state index contributed by atoms with van der Waals surface area (Å²) < 4.78 is 5.31. The Morgan fingerprint density at radius 2 is 1.93 bits per heavy atom. The van der Waals surface area contributed by atoms with Gasteiger partial charge in [0.15, 0.2) is 0 Å². The predicted molar refractivity (Wildman–Crippen MR) is 59.5 cm³/mol. The van der Waals surface area contributed by atoms with Crippen LogP contribution in [0.5, 0.6) is 0 Å². The summed E-state index contributed by atoms with van der Waals surface area (Å²) in [6, 6.07) is 0.227. The van der Waals surface area contributed by atoms with Crippen LogP contribution in [0.4, 0.5) is 0 Å². The number of rotatable bonds is 8. The molecule has 0 rings (SSSR count). The molecule has 86 valence electrons. The van der Waals surface area contributed by atoms with Crippen LogP contribution in [0, 0.1) is 0 Å². The highest BCUT2D eigenvalue weighted by atomic mass is 16.5. The number of hydrogen-bond donors (Lipinski definition) is 1. The second kappa shape index (κ2) is 8.21. The van der Waals surface area contributed by atoms with Gasteiger partial charge < -0.3 is 9.84 Å². The van der Waals surface area contributed by atoms with E-state index >= 15 is 0 Å². The number of aliphatic hydroxyl groups is 1. The zero-order chi connectivity index (χ0) is 11.0. The van der Waals surface area contributed by atoms with Crippen LogP contribution in [-0.4, -0.2) is 48.5 Å². The van der Waals surface area contributed by atoms with Gasteiger partial charge in [0.05, 0.1) is 12.7 Å². The van der Waals surface area contributed by atoms with Crippen molar-refractivity contribution in [1.82, 2.24) is 4.90 Å². The van der Waals surface area contributed by atoms with Gasteiger partial charge in [-0.3, -0.25) is 4.90 Å². The number of likely N-dealkylation sites (N-methyl/N-ethyl adjacent to an activating group) is 1. The maximum Gasteiger partial charge on any atom is 0.0690 e. The molecule has 0 heterocycles. The van der Waals surface area contributed by atoms with Crippen molar-refractivity contribution >= 4 is 0 Å². The van der Waals surface area contributed by atoms with Crippen molar-refractivity contribution in [2.24, 2.45) is 0 Å². The maximum atomic E-state index is 9.70. The molecule has 1 N–H and O–H groups in total. The van der Waals surface area contributed by atoms with Crippen molar-refractivity contribution in [1.29, 1.82) is 0 Å². The van der Waals surface area contributed by atoms with Crippen LogP contribution >= 0.6 is 0 Å². The maximum absolute atomic E-state index is 9.70. The summed E-state index contributed by atoms with van der Waals surface area (Å²) in [6.07, 6.45) is 0.586. The average molecular weight is 203 g/mol. The first-order chi connectivity index (χ1) is 6.67. The van der Waals surface area contributed by atoms with Crippen molar-refractivity contribution in [2.45, 2.75) is 46.3 Å². The molecule has 0 aliphatic rings. The second-order valence-electron chi connectivity index (χ2n) is 3.54. The molecule has 0 saturated carbocycles. The van der Waals surface area contributed by atoms with Gasteiger partial charge in [0.2, 0.25) is 0 Å². The summed E-state index contributed by atoms with van der Waals surface area (Å²) in [5.41, 5.74) is 0. The molecule has 0 spiro atoms. The Kier molecular flexibility index (Phi) is 8.14. The topological polar surface area (TPSA) is 32.7 Å². The molecule has 3 nitrogen and oxygen atoms in total. The van der Waals surface area contributed by atoms with Gasteiger partial charge in [0, 0.05) is 19.2 Å². The van der Waals surface area contributed by atoms with Crippen LogP contribution in [-0.2, 0) is 4.74 Å². The Balaban J connectivity index is 3.85. The van der Waals surface area contributed by atoms with Crippen molar-refractivity contribution in [3.05, 3.63) is 0 Å². The number of aliphatic hydroxyl groups excluding tert-OH is 1. The fraction of sp³-hybridized carbons (Fsp3) is 1.00. The van der Waals surface area contributed by atoms with Crippen LogP contribution in [0.15, 0.2) is 0 Å². The van der Waals surface area contributed by atoms with E-state index in [1.807, 2.05) is 13.8 Å². The second-order valence-corrected chi connectivity index (χ2v) is 3.54. The summed E-state index contributed by atoms with van der Waals surface area (Å²) in [4.78, 5) is 2.25. The van der Waals surface area contributed by atoms with Crippen molar-refractivity contribution in [3.8, 4) is 0 Å². The van der Waals surface area contributed by atoms with Gasteiger partial charge in [-0.05, 0) is 26.8 Å². The molecule has 14 heavy (non-hydrogen) atoms. The first kappa shape index (κ1) is 13.9. The lowest BCUT2D eigenvalue weighted by Gasteiger charge is -2.30. The molecule has 0 aromatic carbocycles. The van der Waals surface area contributed by atoms with Crippen LogP contribution in [0.2, 0.25) is 0 Å². The lowest BCUT2D eigenvalue weighted by atomic mass is 10.1. The normalized spacial score (nSPS) is 15.9. The standard InChI is InChI=1S/C11H25NO2/c1-5-11(13)10(4)12(6-2)8-9-14-7-3/h10-11,13H,5-9H2,1-4H3. The van der Waals surface area contributed by atoms with Crippen molar-refractivity contribution < 1.29 is 9.84 Å². The van der Waals surface area contributed by atoms with Gasteiger partial charge in [-0.25, -0.2) is 0 Å². The number of hydrogen-bond acceptors (Lipinski definition) is 3. The van der Waals surface area contributed by atoms with E-state index in [1.54, 1.807) is 0 Å². The zero-order valence-corrected chi connectivity index (χ0v) is 9.99. The Hall–Kier alpha value is -0.120. The molecular weight excluding hydrogens is 178 g/mol. The third-order valence-electron chi connectivity index (χ3n) is 2.68. The first-order valence-corrected chi connectivity index (χ1v) is 5.67. The third kappa shape index (κ3) is 4.94. The molecule has 0 bridgehead atoms. The van der Waals surface area contributed by atoms with Crippen LogP contribution in [0.25, 0.3) is 0 Å². The van der Waals surface area contributed by atoms with Crippen molar-refractivity contribution in [3.63, 3.8) is 0 Å². The fourth-order valence-corrected chi connectivity index (χ4v) is 1.56. The van der Waals surface area contributed by atoms with E-state index in [2.05, 4.69) is 18.7 Å². The van der Waals surface area contributed by atoms with Gasteiger partial charge >= 0.3 is 0 Å². The quantitative estimate of drug-likeness (QED) is 0.607. The summed E-state index contributed by atoms with van der Waals surface area (Å²) in [7, 11) is 0. The molecule has 3 heteroatoms. The average Bonchev–Trinajstić information content (AvgIpc) is 2.22. The summed E-state index contributed by atoms with van der Waals surface area (Å²) >= 11 is 0. The summed E-state index contributed by atoms with van der Waals surface area (Å²) in [5, 5.41) is 9.70. The van der Waals surface area contributed by atoms with E-state index in [9.17, 15) is 5.11 Å². The van der Waals surface area contributed by atoms with Crippen LogP contribution in [0.1, 0.15) is 34.1 Å². The van der Waals surface area contributed by atoms with E-state index < -0.39 is 0 Å². The van der Waals surface area contributed by atoms with E-state index in [0.717, 1.165) is 32.7 Å². The fourth-order valence-electron chi connectivity index (χ4n) is 1.56. The monoisotopic (exact) mass is 203 g/mol. The highest BCUT2D eigenvalue weighted by molar-refractivity contribution is 4.72. The highest BCUT2D eigenvalue weighted by Gasteiger charge is 2.18. The molecule has 2 unspecified atom stereocenters. The summed E-state index contributed by atoms with van der Waals surface area (Å²) in [5.74, 6) is 0. The molecule has 0 aliphatic carbocycles. The smallest absolute Gasteiger partial charge is 0.0690 e. The molecule has 0 saturated heterocycles. The SMILES string of the molecule is CCOCCN(CC)C(C)C(O)CC. The molecular formula is C11H25NO2. The lowest BCUT2D eigenvalue weighted by Crippen LogP contribution is -2.42. The van der Waals surface area contributed by atoms with Crippen LogP contribution in [0.3, 0.4) is 0 Å². The van der Waals surface area contributed by atoms with Gasteiger partial charge in [-0.1, -0.05) is 13.8 Å². The minimum absolute atomic E-state index is 0.225.